The van der Waals surface area contributed by atoms with Crippen molar-refractivity contribution in [3.63, 3.8) is 0 Å². The summed E-state index contributed by atoms with van der Waals surface area (Å²) in [5.74, 6) is -0.251. The summed E-state index contributed by atoms with van der Waals surface area (Å²) in [6, 6.07) is 12.6. The maximum Gasteiger partial charge on any atom is 0.254 e. The number of nitrogens with two attached hydrogens (primary N) is 1. The van der Waals surface area contributed by atoms with Gasteiger partial charge in [-0.1, -0.05) is 30.3 Å². The van der Waals surface area contributed by atoms with Gasteiger partial charge in [-0.25, -0.2) is 13.6 Å². The molecule has 2 rings (SSSR count). The third-order valence-electron chi connectivity index (χ3n) is 4.36. The van der Waals surface area contributed by atoms with Gasteiger partial charge in [-0.3, -0.25) is 4.79 Å². The van der Waals surface area contributed by atoms with Crippen LogP contribution in [0.2, 0.25) is 0 Å². The molecule has 0 aliphatic rings. The Bertz CT molecular complexity index is 861. The van der Waals surface area contributed by atoms with Crippen LogP contribution in [0.5, 0.6) is 0 Å². The number of sulfonamides is 1. The Morgan fingerprint density at radius 2 is 1.71 bits per heavy atom. The Morgan fingerprint density at radius 1 is 1.12 bits per heavy atom. The lowest BCUT2D eigenvalue weighted by Gasteiger charge is -2.26. The molecule has 1 atom stereocenters. The number of aryl methyl sites for hydroxylation is 1. The molecule has 0 aliphatic carbocycles. The third-order valence-corrected chi connectivity index (χ3v) is 5.39. The van der Waals surface area contributed by atoms with E-state index in [-0.39, 0.29) is 16.8 Å². The van der Waals surface area contributed by atoms with E-state index in [1.165, 1.54) is 6.07 Å². The van der Waals surface area contributed by atoms with Gasteiger partial charge in [-0.05, 0) is 49.6 Å². The lowest BCUT2D eigenvalue weighted by Crippen LogP contribution is -2.30. The molecule has 2 aromatic carbocycles. The second kappa shape index (κ2) is 6.75. The molecule has 128 valence electrons. The van der Waals surface area contributed by atoms with Gasteiger partial charge in [0.25, 0.3) is 5.91 Å². The zero-order valence-electron chi connectivity index (χ0n) is 14.3. The minimum atomic E-state index is -3.88. The first-order valence-corrected chi connectivity index (χ1v) is 9.13. The summed E-state index contributed by atoms with van der Waals surface area (Å²) in [6.07, 6.45) is 0. The van der Waals surface area contributed by atoms with Crippen molar-refractivity contribution < 1.29 is 13.2 Å². The number of primary sulfonamides is 1. The summed E-state index contributed by atoms with van der Waals surface area (Å²) in [4.78, 5) is 14.4. The van der Waals surface area contributed by atoms with Gasteiger partial charge in [0.2, 0.25) is 10.0 Å². The van der Waals surface area contributed by atoms with Gasteiger partial charge >= 0.3 is 0 Å². The number of nitrogens with zero attached hydrogens (tertiary/aromatic N) is 1. The number of hydrogen-bond acceptors (Lipinski definition) is 3. The average molecular weight is 346 g/mol. The van der Waals surface area contributed by atoms with E-state index in [0.29, 0.717) is 16.7 Å². The molecule has 0 heterocycles. The number of hydrogen-bond donors (Lipinski definition) is 1. The standard InChI is InChI=1S/C18H22N2O3S/c1-12-10-16(11-17(13(12)2)24(19,22)23)18(21)20(4)14(3)15-8-6-5-7-9-15/h5-11,14H,1-4H3,(H2,19,22,23). The predicted molar refractivity (Wildman–Crippen MR) is 94.2 cm³/mol. The van der Waals surface area contributed by atoms with Crippen LogP contribution in [0, 0.1) is 13.8 Å². The van der Waals surface area contributed by atoms with Crippen LogP contribution in [0.15, 0.2) is 47.4 Å². The number of carbonyl (C=O) groups is 1. The molecule has 0 spiro atoms. The van der Waals surface area contributed by atoms with Crippen molar-refractivity contribution in [2.75, 3.05) is 7.05 Å². The number of benzene rings is 2. The molecular formula is C18H22N2O3S. The highest BCUT2D eigenvalue weighted by Gasteiger charge is 2.22. The molecule has 6 heteroatoms. The topological polar surface area (TPSA) is 80.5 Å². The van der Waals surface area contributed by atoms with Crippen LogP contribution in [0.25, 0.3) is 0 Å². The van der Waals surface area contributed by atoms with Gasteiger partial charge in [0.15, 0.2) is 0 Å². The molecule has 0 saturated heterocycles. The molecule has 0 radical (unpaired) electrons. The largest absolute Gasteiger partial charge is 0.335 e. The predicted octanol–water partition coefficient (Wildman–Crippen LogP) is 2.78. The van der Waals surface area contributed by atoms with E-state index in [1.54, 1.807) is 31.9 Å². The lowest BCUT2D eigenvalue weighted by atomic mass is 10.0. The highest BCUT2D eigenvalue weighted by atomic mass is 32.2. The summed E-state index contributed by atoms with van der Waals surface area (Å²) in [7, 11) is -2.18. The van der Waals surface area contributed by atoms with E-state index in [9.17, 15) is 13.2 Å². The summed E-state index contributed by atoms with van der Waals surface area (Å²) in [5.41, 5.74) is 2.59. The van der Waals surface area contributed by atoms with E-state index in [1.807, 2.05) is 37.3 Å². The van der Waals surface area contributed by atoms with Gasteiger partial charge < -0.3 is 4.90 Å². The second-order valence-electron chi connectivity index (χ2n) is 5.96. The first kappa shape index (κ1) is 18.2. The van der Waals surface area contributed by atoms with Crippen LogP contribution >= 0.6 is 0 Å². The monoisotopic (exact) mass is 346 g/mol. The Kier molecular flexibility index (Phi) is 5.11. The van der Waals surface area contributed by atoms with Gasteiger partial charge in [-0.15, -0.1) is 0 Å². The fourth-order valence-electron chi connectivity index (χ4n) is 2.58. The SMILES string of the molecule is Cc1cc(C(=O)N(C)C(C)c2ccccc2)cc(S(N)(=O)=O)c1C. The molecule has 0 bridgehead atoms. The van der Waals surface area contributed by atoms with Crippen molar-refractivity contribution >= 4 is 15.9 Å². The molecule has 2 aromatic rings. The fraction of sp³-hybridized carbons (Fsp3) is 0.278. The number of amides is 1. The third kappa shape index (κ3) is 3.66. The van der Waals surface area contributed by atoms with Crippen LogP contribution < -0.4 is 5.14 Å². The smallest absolute Gasteiger partial charge is 0.254 e. The van der Waals surface area contributed by atoms with Gasteiger partial charge in [-0.2, -0.15) is 0 Å². The maximum absolute atomic E-state index is 12.8. The van der Waals surface area contributed by atoms with E-state index in [4.69, 9.17) is 5.14 Å². The maximum atomic E-state index is 12.8. The first-order valence-electron chi connectivity index (χ1n) is 7.59. The molecule has 1 unspecified atom stereocenters. The van der Waals surface area contributed by atoms with Crippen LogP contribution in [0.3, 0.4) is 0 Å². The Balaban J connectivity index is 2.41. The molecule has 0 fully saturated rings. The van der Waals surface area contributed by atoms with Crippen LogP contribution in [-0.2, 0) is 10.0 Å². The second-order valence-corrected chi connectivity index (χ2v) is 7.49. The number of carbonyl (C=O) groups excluding carboxylic acids is 1. The molecule has 2 N–H and O–H groups in total. The normalized spacial score (nSPS) is 12.7. The Labute approximate surface area is 143 Å². The van der Waals surface area contributed by atoms with Gasteiger partial charge in [0.05, 0.1) is 10.9 Å². The molecule has 24 heavy (non-hydrogen) atoms. The Morgan fingerprint density at radius 3 is 2.25 bits per heavy atom. The van der Waals surface area contributed by atoms with Crippen LogP contribution in [-0.4, -0.2) is 26.3 Å². The number of rotatable bonds is 4. The van der Waals surface area contributed by atoms with Crippen molar-refractivity contribution in [3.8, 4) is 0 Å². The first-order chi connectivity index (χ1) is 11.1. The minimum absolute atomic E-state index is 0.00776. The molecule has 0 aliphatic heterocycles. The summed E-state index contributed by atoms with van der Waals surface area (Å²) < 4.78 is 23.5. The fourth-order valence-corrected chi connectivity index (χ4v) is 3.46. The molecule has 5 nitrogen and oxygen atoms in total. The van der Waals surface area contributed by atoms with E-state index in [2.05, 4.69) is 0 Å². The van der Waals surface area contributed by atoms with Gasteiger partial charge in [0.1, 0.15) is 0 Å². The average Bonchev–Trinajstić information content (AvgIpc) is 2.54. The van der Waals surface area contributed by atoms with Crippen molar-refractivity contribution in [2.24, 2.45) is 5.14 Å². The summed E-state index contributed by atoms with van der Waals surface area (Å²) >= 11 is 0. The van der Waals surface area contributed by atoms with Crippen molar-refractivity contribution in [1.29, 1.82) is 0 Å². The minimum Gasteiger partial charge on any atom is -0.335 e. The molecule has 0 aromatic heterocycles. The highest BCUT2D eigenvalue weighted by Crippen LogP contribution is 2.24. The quantitative estimate of drug-likeness (QED) is 0.924. The molecule has 0 saturated carbocycles. The zero-order valence-corrected chi connectivity index (χ0v) is 15.1. The van der Waals surface area contributed by atoms with Gasteiger partial charge in [0, 0.05) is 12.6 Å². The summed E-state index contributed by atoms with van der Waals surface area (Å²) in [5, 5.41) is 5.27. The summed E-state index contributed by atoms with van der Waals surface area (Å²) in [6.45, 7) is 5.37. The molecule has 1 amide bonds. The van der Waals surface area contributed by atoms with Crippen molar-refractivity contribution in [3.05, 3.63) is 64.7 Å². The zero-order chi connectivity index (χ0) is 18.1. The van der Waals surface area contributed by atoms with E-state index in [0.717, 1.165) is 5.56 Å². The lowest BCUT2D eigenvalue weighted by molar-refractivity contribution is 0.0742. The Hall–Kier alpha value is -2.18. The molecular weight excluding hydrogens is 324 g/mol. The van der Waals surface area contributed by atoms with Crippen molar-refractivity contribution in [2.45, 2.75) is 31.7 Å². The van der Waals surface area contributed by atoms with E-state index >= 15 is 0 Å². The van der Waals surface area contributed by atoms with Crippen molar-refractivity contribution in [1.82, 2.24) is 4.90 Å². The highest BCUT2D eigenvalue weighted by molar-refractivity contribution is 7.89. The van der Waals surface area contributed by atoms with E-state index < -0.39 is 10.0 Å². The van der Waals surface area contributed by atoms with Crippen LogP contribution in [0.4, 0.5) is 0 Å². The van der Waals surface area contributed by atoms with Crippen LogP contribution in [0.1, 0.15) is 40.0 Å².